The van der Waals surface area contributed by atoms with E-state index in [1.807, 2.05) is 0 Å². The molecular formula is C25H28N4O3S3. The molecule has 7 nitrogen and oxygen atoms in total. The van der Waals surface area contributed by atoms with Gasteiger partial charge in [-0.2, -0.15) is 0 Å². The van der Waals surface area contributed by atoms with Crippen LogP contribution in [0.1, 0.15) is 63.3 Å². The molecule has 0 aromatic carbocycles. The Balaban J connectivity index is 1.40. The van der Waals surface area contributed by atoms with Crippen molar-refractivity contribution < 1.29 is 9.59 Å². The van der Waals surface area contributed by atoms with E-state index in [1.165, 1.54) is 34.4 Å². The van der Waals surface area contributed by atoms with Gasteiger partial charge < -0.3 is 11.1 Å². The van der Waals surface area contributed by atoms with Crippen LogP contribution in [-0.4, -0.2) is 27.1 Å². The molecular weight excluding hydrogens is 501 g/mol. The van der Waals surface area contributed by atoms with E-state index < -0.39 is 5.91 Å². The molecule has 10 heteroatoms. The Hall–Kier alpha value is -2.43. The van der Waals surface area contributed by atoms with Crippen LogP contribution < -0.4 is 16.6 Å². The molecule has 0 radical (unpaired) electrons. The van der Waals surface area contributed by atoms with E-state index in [-0.39, 0.29) is 17.2 Å². The summed E-state index contributed by atoms with van der Waals surface area (Å²) >= 11 is 4.29. The van der Waals surface area contributed by atoms with E-state index >= 15 is 0 Å². The van der Waals surface area contributed by atoms with Crippen LogP contribution in [0, 0.1) is 0 Å². The number of fused-ring (bicyclic) bond motifs is 4. The lowest BCUT2D eigenvalue weighted by atomic mass is 9.95. The molecule has 0 spiro atoms. The second kappa shape index (κ2) is 10.3. The number of carbonyl (C=O) groups excluding carboxylic acids is 2. The lowest BCUT2D eigenvalue weighted by molar-refractivity contribution is -0.113. The van der Waals surface area contributed by atoms with Gasteiger partial charge in [-0.3, -0.25) is 19.0 Å². The molecule has 3 aromatic heterocycles. The van der Waals surface area contributed by atoms with Gasteiger partial charge in [-0.05, 0) is 62.5 Å². The Labute approximate surface area is 215 Å². The fourth-order valence-corrected chi connectivity index (χ4v) is 8.43. The van der Waals surface area contributed by atoms with Gasteiger partial charge in [0.25, 0.3) is 11.5 Å². The number of hydrogen-bond donors (Lipinski definition) is 2. The molecule has 5 rings (SSSR count). The van der Waals surface area contributed by atoms with E-state index in [0.29, 0.717) is 22.3 Å². The maximum Gasteiger partial charge on any atom is 0.263 e. The molecule has 0 saturated heterocycles. The molecule has 0 unspecified atom stereocenters. The van der Waals surface area contributed by atoms with Crippen LogP contribution in [0.4, 0.5) is 5.00 Å². The smallest absolute Gasteiger partial charge is 0.263 e. The number of nitrogens with zero attached hydrogens (tertiary/aromatic N) is 2. The van der Waals surface area contributed by atoms with Crippen LogP contribution in [0.2, 0.25) is 0 Å². The summed E-state index contributed by atoms with van der Waals surface area (Å²) in [6.45, 7) is 4.13. The zero-order valence-electron chi connectivity index (χ0n) is 19.5. The molecule has 184 valence electrons. The molecule has 0 saturated carbocycles. The Kier molecular flexibility index (Phi) is 7.13. The van der Waals surface area contributed by atoms with Crippen molar-refractivity contribution in [3.05, 3.63) is 49.5 Å². The van der Waals surface area contributed by atoms with Crippen molar-refractivity contribution in [3.63, 3.8) is 0 Å². The molecule has 3 heterocycles. The van der Waals surface area contributed by atoms with Crippen molar-refractivity contribution in [2.75, 3.05) is 11.1 Å². The number of allylic oxidation sites excluding steroid dienone is 1. The summed E-state index contributed by atoms with van der Waals surface area (Å²) in [7, 11) is 0. The second-order valence-corrected chi connectivity index (χ2v) is 12.1. The van der Waals surface area contributed by atoms with Gasteiger partial charge in [-0.15, -0.1) is 29.3 Å². The highest BCUT2D eigenvalue weighted by Crippen LogP contribution is 2.38. The lowest BCUT2D eigenvalue weighted by Crippen LogP contribution is -2.24. The molecule has 2 amide bonds. The predicted molar refractivity (Wildman–Crippen MR) is 144 cm³/mol. The van der Waals surface area contributed by atoms with Gasteiger partial charge in [-0.1, -0.05) is 24.3 Å². The summed E-state index contributed by atoms with van der Waals surface area (Å²) in [6, 6.07) is 0. The minimum Gasteiger partial charge on any atom is -0.365 e. The molecule has 2 aliphatic rings. The summed E-state index contributed by atoms with van der Waals surface area (Å²) < 4.78 is 1.61. The van der Waals surface area contributed by atoms with E-state index in [0.717, 1.165) is 77.6 Å². The van der Waals surface area contributed by atoms with Gasteiger partial charge in [0.15, 0.2) is 5.16 Å². The first kappa shape index (κ1) is 24.3. The van der Waals surface area contributed by atoms with Crippen molar-refractivity contribution >= 4 is 61.5 Å². The van der Waals surface area contributed by atoms with Crippen molar-refractivity contribution in [3.8, 4) is 0 Å². The SMILES string of the molecule is C=CCn1c(SCC(=O)Nc2sc3c(c2C(N)=O)CCCC3)nc2sc3c(c2c1=O)CCCCC3. The number of nitrogens with one attached hydrogen (secondary N) is 1. The minimum atomic E-state index is -0.503. The van der Waals surface area contributed by atoms with E-state index in [2.05, 4.69) is 11.9 Å². The maximum atomic E-state index is 13.5. The van der Waals surface area contributed by atoms with Crippen molar-refractivity contribution in [2.24, 2.45) is 5.73 Å². The first-order valence-electron chi connectivity index (χ1n) is 12.0. The highest BCUT2D eigenvalue weighted by atomic mass is 32.2. The summed E-state index contributed by atoms with van der Waals surface area (Å²) in [5, 5.41) is 4.67. The van der Waals surface area contributed by atoms with E-state index in [1.54, 1.807) is 22.0 Å². The van der Waals surface area contributed by atoms with Crippen LogP contribution in [0.5, 0.6) is 0 Å². The van der Waals surface area contributed by atoms with Gasteiger partial charge in [0.1, 0.15) is 9.83 Å². The first-order valence-corrected chi connectivity index (χ1v) is 14.6. The van der Waals surface area contributed by atoms with Crippen LogP contribution >= 0.6 is 34.4 Å². The number of hydrogen-bond acceptors (Lipinski definition) is 7. The predicted octanol–water partition coefficient (Wildman–Crippen LogP) is 4.68. The topological polar surface area (TPSA) is 107 Å². The van der Waals surface area contributed by atoms with Crippen LogP contribution in [-0.2, 0) is 37.0 Å². The molecule has 0 bridgehead atoms. The fraction of sp³-hybridized carbons (Fsp3) is 0.440. The monoisotopic (exact) mass is 528 g/mol. The molecule has 35 heavy (non-hydrogen) atoms. The number of aryl methyl sites for hydroxylation is 3. The standard InChI is InChI=1S/C25H28N4O3S3/c1-2-12-29-24(32)20-15-8-4-3-5-10-17(15)35-23(20)28-25(29)33-13-18(30)27-22-19(21(26)31)14-9-6-7-11-16(14)34-22/h2H,1,3-13H2,(H2,26,31)(H,27,30). The van der Waals surface area contributed by atoms with Gasteiger partial charge in [0, 0.05) is 16.3 Å². The minimum absolute atomic E-state index is 0.0563. The fourth-order valence-electron chi connectivity index (χ4n) is 5.00. The molecule has 3 aromatic rings. The lowest BCUT2D eigenvalue weighted by Gasteiger charge is -2.11. The third-order valence-electron chi connectivity index (χ3n) is 6.60. The second-order valence-electron chi connectivity index (χ2n) is 8.96. The number of anilines is 1. The van der Waals surface area contributed by atoms with Crippen molar-refractivity contribution in [1.29, 1.82) is 0 Å². The maximum absolute atomic E-state index is 13.5. The number of aromatic nitrogens is 2. The number of primary amides is 1. The highest BCUT2D eigenvalue weighted by molar-refractivity contribution is 7.99. The molecule has 2 aliphatic carbocycles. The normalized spacial score (nSPS) is 15.3. The first-order chi connectivity index (χ1) is 17.0. The number of thioether (sulfide) groups is 1. The van der Waals surface area contributed by atoms with E-state index in [9.17, 15) is 14.4 Å². The Bertz CT molecular complexity index is 1380. The van der Waals surface area contributed by atoms with Crippen LogP contribution in [0.15, 0.2) is 22.6 Å². The molecule has 0 aliphatic heterocycles. The van der Waals surface area contributed by atoms with Gasteiger partial charge in [0.2, 0.25) is 5.91 Å². The number of thiophene rings is 2. The Morgan fingerprint density at radius 1 is 1.06 bits per heavy atom. The number of carbonyl (C=O) groups is 2. The third kappa shape index (κ3) is 4.71. The number of nitrogens with two attached hydrogens (primary N) is 1. The number of amides is 2. The summed E-state index contributed by atoms with van der Waals surface area (Å²) in [6.07, 6.45) is 10.8. The van der Waals surface area contributed by atoms with Gasteiger partial charge in [-0.25, -0.2) is 4.98 Å². The average Bonchev–Trinajstić information content (AvgIpc) is 3.28. The zero-order chi connectivity index (χ0) is 24.5. The third-order valence-corrected chi connectivity index (χ3v) is 9.97. The number of rotatable bonds is 7. The zero-order valence-corrected chi connectivity index (χ0v) is 21.9. The molecule has 0 fully saturated rings. The average molecular weight is 529 g/mol. The van der Waals surface area contributed by atoms with E-state index in [4.69, 9.17) is 10.7 Å². The Morgan fingerprint density at radius 2 is 1.74 bits per heavy atom. The van der Waals surface area contributed by atoms with Crippen LogP contribution in [0.25, 0.3) is 10.2 Å². The highest BCUT2D eigenvalue weighted by Gasteiger charge is 2.26. The quantitative estimate of drug-likeness (QED) is 0.200. The summed E-state index contributed by atoms with van der Waals surface area (Å²) in [5.41, 5.74) is 8.19. The summed E-state index contributed by atoms with van der Waals surface area (Å²) in [5.74, 6) is -0.685. The van der Waals surface area contributed by atoms with Gasteiger partial charge >= 0.3 is 0 Å². The Morgan fingerprint density at radius 3 is 2.51 bits per heavy atom. The van der Waals surface area contributed by atoms with Crippen LogP contribution in [0.3, 0.4) is 0 Å². The molecule has 3 N–H and O–H groups in total. The van der Waals surface area contributed by atoms with Crippen molar-refractivity contribution in [2.45, 2.75) is 69.5 Å². The van der Waals surface area contributed by atoms with Crippen molar-refractivity contribution in [1.82, 2.24) is 9.55 Å². The summed E-state index contributed by atoms with van der Waals surface area (Å²) in [4.78, 5) is 46.4. The largest absolute Gasteiger partial charge is 0.365 e. The van der Waals surface area contributed by atoms with Gasteiger partial charge in [0.05, 0.1) is 16.7 Å². The molecule has 0 atom stereocenters.